The summed E-state index contributed by atoms with van der Waals surface area (Å²) in [5, 5.41) is 19.8. The Kier molecular flexibility index (Phi) is 5.36. The summed E-state index contributed by atoms with van der Waals surface area (Å²) >= 11 is 6.16. The van der Waals surface area contributed by atoms with Crippen LogP contribution in [0.3, 0.4) is 0 Å². The summed E-state index contributed by atoms with van der Waals surface area (Å²) in [6, 6.07) is 12.6. The van der Waals surface area contributed by atoms with Gasteiger partial charge in [0.15, 0.2) is 5.82 Å². The summed E-state index contributed by atoms with van der Waals surface area (Å²) in [5.41, 5.74) is 6.08. The van der Waals surface area contributed by atoms with Crippen LogP contribution < -0.4 is 16.2 Å². The van der Waals surface area contributed by atoms with Crippen LogP contribution >= 0.6 is 11.6 Å². The van der Waals surface area contributed by atoms with E-state index in [1.165, 1.54) is 17.0 Å². The van der Waals surface area contributed by atoms with Crippen LogP contribution in [0.25, 0.3) is 16.6 Å². The molecule has 0 radical (unpaired) electrons. The largest absolute Gasteiger partial charge is 0.391 e. The van der Waals surface area contributed by atoms with Crippen molar-refractivity contribution in [2.45, 2.75) is 18.6 Å². The summed E-state index contributed by atoms with van der Waals surface area (Å²) < 4.78 is 15.6. The maximum Gasteiger partial charge on any atom is 0.267 e. The van der Waals surface area contributed by atoms with Crippen molar-refractivity contribution in [2.24, 2.45) is 0 Å². The average molecular weight is 478 g/mol. The molecule has 2 aromatic carbocycles. The molecule has 34 heavy (non-hydrogen) atoms. The zero-order valence-corrected chi connectivity index (χ0v) is 18.3. The minimum Gasteiger partial charge on any atom is -0.391 e. The van der Waals surface area contributed by atoms with Crippen molar-refractivity contribution in [3.8, 4) is 11.8 Å². The fourth-order valence-electron chi connectivity index (χ4n) is 4.28. The molecule has 0 amide bonds. The van der Waals surface area contributed by atoms with Crippen molar-refractivity contribution < 1.29 is 9.50 Å². The lowest BCUT2D eigenvalue weighted by Gasteiger charge is -2.28. The third-order valence-electron chi connectivity index (χ3n) is 5.79. The average Bonchev–Trinajstić information content (AvgIpc) is 3.22. The van der Waals surface area contributed by atoms with E-state index in [2.05, 4.69) is 15.0 Å². The predicted molar refractivity (Wildman–Crippen MR) is 124 cm³/mol. The fourth-order valence-corrected chi connectivity index (χ4v) is 4.52. The van der Waals surface area contributed by atoms with Crippen LogP contribution in [0.5, 0.6) is 0 Å². The molecule has 0 saturated carbocycles. The van der Waals surface area contributed by atoms with Crippen molar-refractivity contribution in [3.63, 3.8) is 0 Å². The van der Waals surface area contributed by atoms with Gasteiger partial charge in [-0.05, 0) is 24.3 Å². The predicted octanol–water partition coefficient (Wildman–Crippen LogP) is 2.73. The van der Waals surface area contributed by atoms with Gasteiger partial charge in [0.1, 0.15) is 35.4 Å². The number of nitrogens with zero attached hydrogens (tertiary/aromatic N) is 6. The third kappa shape index (κ3) is 3.42. The standard InChI is InChI=1S/C23H17ClFN7O2/c24-19-15(25)6-7-16-18(19)23(34)32(12-4-2-1-3-5-12)22(30-16)17-8-13(33)10-31(17)21-14(9-26)20(27)28-11-29-21/h1-7,11,13,17,33H,8,10H2,(H2,27,28,29)/t13-,17-/m0/s1. The Morgan fingerprint density at radius 3 is 2.71 bits per heavy atom. The van der Waals surface area contributed by atoms with E-state index in [4.69, 9.17) is 17.3 Å². The van der Waals surface area contributed by atoms with Crippen LogP contribution in [0, 0.1) is 17.1 Å². The van der Waals surface area contributed by atoms with Crippen LogP contribution in [-0.4, -0.2) is 37.3 Å². The van der Waals surface area contributed by atoms with Gasteiger partial charge in [0, 0.05) is 13.0 Å². The van der Waals surface area contributed by atoms with Crippen molar-refractivity contribution in [1.82, 2.24) is 19.5 Å². The Balaban J connectivity index is 1.81. The molecule has 0 spiro atoms. The monoisotopic (exact) mass is 477 g/mol. The number of rotatable bonds is 3. The molecule has 5 rings (SSSR count). The molecular formula is C23H17ClFN7O2. The van der Waals surface area contributed by atoms with Gasteiger partial charge in [0.2, 0.25) is 0 Å². The highest BCUT2D eigenvalue weighted by Crippen LogP contribution is 2.38. The Labute approximate surface area is 197 Å². The molecule has 1 saturated heterocycles. The lowest BCUT2D eigenvalue weighted by molar-refractivity contribution is 0.193. The summed E-state index contributed by atoms with van der Waals surface area (Å²) in [6.07, 6.45) is 0.643. The summed E-state index contributed by atoms with van der Waals surface area (Å²) in [5.74, 6) is -0.220. The summed E-state index contributed by atoms with van der Waals surface area (Å²) in [6.45, 7) is 0.128. The highest BCUT2D eigenvalue weighted by atomic mass is 35.5. The third-order valence-corrected chi connectivity index (χ3v) is 6.16. The van der Waals surface area contributed by atoms with Crippen molar-refractivity contribution in [3.05, 3.63) is 81.4 Å². The Morgan fingerprint density at radius 1 is 1.21 bits per heavy atom. The molecule has 3 N–H and O–H groups in total. The number of fused-ring (bicyclic) bond motifs is 1. The molecule has 170 valence electrons. The van der Waals surface area contributed by atoms with E-state index in [0.29, 0.717) is 5.69 Å². The van der Waals surface area contributed by atoms with Crippen LogP contribution in [-0.2, 0) is 0 Å². The first-order valence-corrected chi connectivity index (χ1v) is 10.7. The normalized spacial score (nSPS) is 17.8. The number of benzene rings is 2. The fraction of sp³-hybridized carbons (Fsp3) is 0.174. The number of aliphatic hydroxyl groups excluding tert-OH is 1. The Hall–Kier alpha value is -4.07. The first-order chi connectivity index (χ1) is 16.4. The van der Waals surface area contributed by atoms with E-state index in [9.17, 15) is 19.6 Å². The summed E-state index contributed by atoms with van der Waals surface area (Å²) in [4.78, 5) is 28.1. The van der Waals surface area contributed by atoms with E-state index < -0.39 is 23.5 Å². The van der Waals surface area contributed by atoms with Gasteiger partial charge < -0.3 is 15.7 Å². The van der Waals surface area contributed by atoms with Gasteiger partial charge in [-0.15, -0.1) is 0 Å². The number of nitrogens with two attached hydrogens (primary N) is 1. The van der Waals surface area contributed by atoms with E-state index in [1.807, 2.05) is 6.07 Å². The molecule has 1 aliphatic heterocycles. The zero-order chi connectivity index (χ0) is 24.0. The maximum absolute atomic E-state index is 14.2. The number of halogens is 2. The molecule has 0 unspecified atom stereocenters. The van der Waals surface area contributed by atoms with Gasteiger partial charge in [0.05, 0.1) is 33.8 Å². The van der Waals surface area contributed by atoms with Gasteiger partial charge in [0.25, 0.3) is 5.56 Å². The van der Waals surface area contributed by atoms with Crippen LogP contribution in [0.2, 0.25) is 5.02 Å². The lowest BCUT2D eigenvalue weighted by atomic mass is 10.1. The van der Waals surface area contributed by atoms with Crippen molar-refractivity contribution in [1.29, 1.82) is 5.26 Å². The second-order valence-corrected chi connectivity index (χ2v) is 8.21. The molecule has 0 aliphatic carbocycles. The second kappa shape index (κ2) is 8.37. The van der Waals surface area contributed by atoms with Gasteiger partial charge in [-0.2, -0.15) is 5.26 Å². The van der Waals surface area contributed by atoms with E-state index >= 15 is 0 Å². The highest BCUT2D eigenvalue weighted by Gasteiger charge is 2.38. The molecule has 4 aromatic rings. The molecule has 1 fully saturated rings. The molecule has 2 atom stereocenters. The van der Waals surface area contributed by atoms with Gasteiger partial charge in [-0.25, -0.2) is 19.3 Å². The number of aromatic nitrogens is 4. The molecule has 0 bridgehead atoms. The van der Waals surface area contributed by atoms with Crippen LogP contribution in [0.1, 0.15) is 23.9 Å². The number of aliphatic hydroxyl groups is 1. The van der Waals surface area contributed by atoms with Crippen molar-refractivity contribution >= 4 is 34.1 Å². The highest BCUT2D eigenvalue weighted by molar-refractivity contribution is 6.35. The number of β-amino-alcohol motifs (C(OH)–C–C–N with tert-alkyl or cyclic N) is 1. The minimum atomic E-state index is -0.790. The number of hydrogen-bond acceptors (Lipinski definition) is 8. The van der Waals surface area contributed by atoms with Crippen LogP contribution in [0.15, 0.2) is 53.6 Å². The Bertz CT molecular complexity index is 1520. The number of nitrogen functional groups attached to an aromatic ring is 1. The first kappa shape index (κ1) is 21.8. The zero-order valence-electron chi connectivity index (χ0n) is 17.6. The Morgan fingerprint density at radius 2 is 1.97 bits per heavy atom. The molecule has 2 aromatic heterocycles. The van der Waals surface area contributed by atoms with Crippen LogP contribution in [0.4, 0.5) is 16.0 Å². The number of nitriles is 1. The van der Waals surface area contributed by atoms with Gasteiger partial charge in [-0.1, -0.05) is 29.8 Å². The molecule has 9 nitrogen and oxygen atoms in total. The lowest BCUT2D eigenvalue weighted by Crippen LogP contribution is -2.33. The topological polar surface area (TPSA) is 134 Å². The second-order valence-electron chi connectivity index (χ2n) is 7.83. The molecular weight excluding hydrogens is 461 g/mol. The SMILES string of the molecule is N#Cc1c(N)ncnc1N1C[C@@H](O)C[C@H]1c1nc2ccc(F)c(Cl)c2c(=O)n1-c1ccccc1. The van der Waals surface area contributed by atoms with E-state index in [1.54, 1.807) is 35.2 Å². The molecule has 3 heterocycles. The number of anilines is 2. The van der Waals surface area contributed by atoms with E-state index in [0.717, 1.165) is 6.07 Å². The maximum atomic E-state index is 14.2. The number of hydrogen-bond donors (Lipinski definition) is 2. The molecule has 1 aliphatic rings. The van der Waals surface area contributed by atoms with Crippen molar-refractivity contribution in [2.75, 3.05) is 17.2 Å². The van der Waals surface area contributed by atoms with Gasteiger partial charge >= 0.3 is 0 Å². The minimum absolute atomic E-state index is 0.00168. The summed E-state index contributed by atoms with van der Waals surface area (Å²) in [7, 11) is 0. The van der Waals surface area contributed by atoms with Gasteiger partial charge in [-0.3, -0.25) is 9.36 Å². The van der Waals surface area contributed by atoms with E-state index in [-0.39, 0.29) is 51.9 Å². The first-order valence-electron chi connectivity index (χ1n) is 10.3. The number of para-hydroxylation sites is 1. The smallest absolute Gasteiger partial charge is 0.267 e. The quantitative estimate of drug-likeness (QED) is 0.460. The molecule has 11 heteroatoms.